The highest BCUT2D eigenvalue weighted by Crippen LogP contribution is 2.22. The zero-order chi connectivity index (χ0) is 12.0. The maximum absolute atomic E-state index is 5.93. The summed E-state index contributed by atoms with van der Waals surface area (Å²) in [5, 5.41) is 4.77. The Labute approximate surface area is 102 Å². The molecule has 0 aliphatic heterocycles. The first-order valence-corrected chi connectivity index (χ1v) is 5.39. The standard InChI is InChI=1S/C11H9ClN4O/c1-6-8(12)5-16(15-6)11-14-9-3-2-7(13)4-10(9)17-11/h2-5H,13H2,1H3. The van der Waals surface area contributed by atoms with Crippen molar-refractivity contribution in [1.29, 1.82) is 0 Å². The van der Waals surface area contributed by atoms with Gasteiger partial charge in [-0.3, -0.25) is 0 Å². The van der Waals surface area contributed by atoms with Crippen molar-refractivity contribution in [2.75, 3.05) is 5.73 Å². The number of hydrogen-bond acceptors (Lipinski definition) is 4. The summed E-state index contributed by atoms with van der Waals surface area (Å²) in [4.78, 5) is 4.30. The van der Waals surface area contributed by atoms with E-state index in [9.17, 15) is 0 Å². The van der Waals surface area contributed by atoms with E-state index in [0.29, 0.717) is 22.3 Å². The van der Waals surface area contributed by atoms with Gasteiger partial charge in [-0.1, -0.05) is 11.6 Å². The molecule has 0 bridgehead atoms. The van der Waals surface area contributed by atoms with Gasteiger partial charge in [0.2, 0.25) is 0 Å². The molecule has 17 heavy (non-hydrogen) atoms. The summed E-state index contributed by atoms with van der Waals surface area (Å²) in [6, 6.07) is 5.68. The normalized spacial score (nSPS) is 11.2. The molecule has 3 aromatic rings. The second kappa shape index (κ2) is 3.49. The average Bonchev–Trinajstić information content (AvgIpc) is 2.83. The smallest absolute Gasteiger partial charge is 0.323 e. The van der Waals surface area contributed by atoms with Gasteiger partial charge < -0.3 is 10.2 Å². The fraction of sp³-hybridized carbons (Fsp3) is 0.0909. The molecule has 0 radical (unpaired) electrons. The van der Waals surface area contributed by atoms with Crippen LogP contribution in [0.4, 0.5) is 5.69 Å². The maximum atomic E-state index is 5.93. The fourth-order valence-electron chi connectivity index (χ4n) is 1.56. The lowest BCUT2D eigenvalue weighted by atomic mass is 10.3. The number of nitrogen functional groups attached to an aromatic ring is 1. The van der Waals surface area contributed by atoms with Crippen molar-refractivity contribution >= 4 is 28.4 Å². The van der Waals surface area contributed by atoms with Gasteiger partial charge in [0.1, 0.15) is 5.52 Å². The zero-order valence-electron chi connectivity index (χ0n) is 9.01. The average molecular weight is 249 g/mol. The lowest BCUT2D eigenvalue weighted by molar-refractivity contribution is 0.542. The SMILES string of the molecule is Cc1nn(-c2nc3ccc(N)cc3o2)cc1Cl. The van der Waals surface area contributed by atoms with Gasteiger partial charge in [-0.05, 0) is 19.1 Å². The number of aryl methyl sites for hydroxylation is 1. The predicted octanol–water partition coefficient (Wildman–Crippen LogP) is 2.56. The monoisotopic (exact) mass is 248 g/mol. The van der Waals surface area contributed by atoms with Crippen LogP contribution in [0.3, 0.4) is 0 Å². The van der Waals surface area contributed by atoms with Gasteiger partial charge in [-0.15, -0.1) is 0 Å². The van der Waals surface area contributed by atoms with Crippen LogP contribution in [0.25, 0.3) is 17.1 Å². The quantitative estimate of drug-likeness (QED) is 0.672. The molecule has 0 fully saturated rings. The molecule has 86 valence electrons. The minimum atomic E-state index is 0.376. The summed E-state index contributed by atoms with van der Waals surface area (Å²) in [6.45, 7) is 1.82. The molecule has 2 heterocycles. The lowest BCUT2D eigenvalue weighted by Gasteiger charge is -1.90. The van der Waals surface area contributed by atoms with E-state index in [4.69, 9.17) is 21.8 Å². The van der Waals surface area contributed by atoms with Crippen LogP contribution < -0.4 is 5.73 Å². The summed E-state index contributed by atoms with van der Waals surface area (Å²) in [5.41, 5.74) is 8.40. The van der Waals surface area contributed by atoms with Crippen LogP contribution in [0.15, 0.2) is 28.8 Å². The second-order valence-electron chi connectivity index (χ2n) is 3.73. The molecule has 5 nitrogen and oxygen atoms in total. The van der Waals surface area contributed by atoms with Crippen molar-refractivity contribution in [1.82, 2.24) is 14.8 Å². The number of halogens is 1. The molecule has 0 spiro atoms. The number of fused-ring (bicyclic) bond motifs is 1. The molecule has 0 saturated carbocycles. The topological polar surface area (TPSA) is 69.9 Å². The molecule has 2 N–H and O–H groups in total. The first kappa shape index (κ1) is 10.2. The lowest BCUT2D eigenvalue weighted by Crippen LogP contribution is -1.94. The van der Waals surface area contributed by atoms with Crippen molar-refractivity contribution in [3.05, 3.63) is 35.1 Å². The van der Waals surface area contributed by atoms with Crippen LogP contribution in [0.5, 0.6) is 0 Å². The van der Waals surface area contributed by atoms with E-state index in [-0.39, 0.29) is 0 Å². The molecule has 6 heteroatoms. The van der Waals surface area contributed by atoms with Crippen LogP contribution in [0.2, 0.25) is 5.02 Å². The highest BCUT2D eigenvalue weighted by Gasteiger charge is 2.10. The van der Waals surface area contributed by atoms with Gasteiger partial charge in [0.25, 0.3) is 0 Å². The van der Waals surface area contributed by atoms with Gasteiger partial charge in [-0.2, -0.15) is 14.8 Å². The van der Waals surface area contributed by atoms with Crippen LogP contribution in [0.1, 0.15) is 5.69 Å². The minimum Gasteiger partial charge on any atom is -0.422 e. The number of aromatic nitrogens is 3. The minimum absolute atomic E-state index is 0.376. The van der Waals surface area contributed by atoms with Crippen molar-refractivity contribution < 1.29 is 4.42 Å². The van der Waals surface area contributed by atoms with E-state index >= 15 is 0 Å². The van der Waals surface area contributed by atoms with Crippen LogP contribution >= 0.6 is 11.6 Å². The molecular weight excluding hydrogens is 240 g/mol. The summed E-state index contributed by atoms with van der Waals surface area (Å²) in [7, 11) is 0. The van der Waals surface area contributed by atoms with Gasteiger partial charge in [0, 0.05) is 11.8 Å². The Morgan fingerprint density at radius 3 is 2.94 bits per heavy atom. The third-order valence-electron chi connectivity index (χ3n) is 2.44. The molecule has 0 atom stereocenters. The molecule has 0 saturated heterocycles. The Morgan fingerprint density at radius 1 is 1.41 bits per heavy atom. The Balaban J connectivity index is 2.17. The molecule has 0 unspecified atom stereocenters. The molecule has 0 amide bonds. The highest BCUT2D eigenvalue weighted by molar-refractivity contribution is 6.31. The van der Waals surface area contributed by atoms with Crippen molar-refractivity contribution in [3.8, 4) is 6.01 Å². The van der Waals surface area contributed by atoms with E-state index in [1.807, 2.05) is 6.92 Å². The first-order valence-electron chi connectivity index (χ1n) is 5.02. The number of rotatable bonds is 1. The maximum Gasteiger partial charge on any atom is 0.323 e. The summed E-state index contributed by atoms with van der Waals surface area (Å²) < 4.78 is 7.06. The van der Waals surface area contributed by atoms with E-state index in [0.717, 1.165) is 11.2 Å². The second-order valence-corrected chi connectivity index (χ2v) is 4.14. The van der Waals surface area contributed by atoms with E-state index in [1.54, 1.807) is 24.4 Å². The van der Waals surface area contributed by atoms with Crippen molar-refractivity contribution in [2.45, 2.75) is 6.92 Å². The number of benzene rings is 1. The number of anilines is 1. The number of oxazole rings is 1. The van der Waals surface area contributed by atoms with E-state index in [2.05, 4.69) is 10.1 Å². The van der Waals surface area contributed by atoms with Gasteiger partial charge in [0.15, 0.2) is 5.58 Å². The Morgan fingerprint density at radius 2 is 2.24 bits per heavy atom. The molecular formula is C11H9ClN4O. The molecule has 1 aromatic carbocycles. The Hall–Kier alpha value is -2.01. The summed E-state index contributed by atoms with van der Waals surface area (Å²) in [6.07, 6.45) is 1.66. The van der Waals surface area contributed by atoms with E-state index in [1.165, 1.54) is 4.68 Å². The fourth-order valence-corrected chi connectivity index (χ4v) is 1.69. The number of nitrogens with zero attached hydrogens (tertiary/aromatic N) is 3. The molecule has 2 aromatic heterocycles. The van der Waals surface area contributed by atoms with Crippen LogP contribution in [0, 0.1) is 6.92 Å². The Kier molecular flexibility index (Phi) is 2.09. The van der Waals surface area contributed by atoms with Gasteiger partial charge in [-0.25, -0.2) is 0 Å². The summed E-state index contributed by atoms with van der Waals surface area (Å²) >= 11 is 5.93. The third-order valence-corrected chi connectivity index (χ3v) is 2.81. The molecule has 0 aliphatic rings. The Bertz CT molecular complexity index is 681. The predicted molar refractivity (Wildman–Crippen MR) is 65.3 cm³/mol. The largest absolute Gasteiger partial charge is 0.422 e. The summed E-state index contributed by atoms with van der Waals surface area (Å²) in [5.74, 6) is 0. The third kappa shape index (κ3) is 1.64. The number of hydrogen-bond donors (Lipinski definition) is 1. The molecule has 3 rings (SSSR count). The molecule has 0 aliphatic carbocycles. The first-order chi connectivity index (χ1) is 8.13. The van der Waals surface area contributed by atoms with Crippen molar-refractivity contribution in [2.24, 2.45) is 0 Å². The van der Waals surface area contributed by atoms with E-state index < -0.39 is 0 Å². The zero-order valence-corrected chi connectivity index (χ0v) is 9.77. The van der Waals surface area contributed by atoms with Crippen LogP contribution in [-0.2, 0) is 0 Å². The van der Waals surface area contributed by atoms with Crippen LogP contribution in [-0.4, -0.2) is 14.8 Å². The van der Waals surface area contributed by atoms with Crippen molar-refractivity contribution in [3.63, 3.8) is 0 Å². The van der Waals surface area contributed by atoms with Gasteiger partial charge >= 0.3 is 6.01 Å². The number of nitrogens with two attached hydrogens (primary N) is 1. The highest BCUT2D eigenvalue weighted by atomic mass is 35.5. The van der Waals surface area contributed by atoms with Gasteiger partial charge in [0.05, 0.1) is 16.9 Å².